The Bertz CT molecular complexity index is 467. The Kier molecular flexibility index (Phi) is 4.46. The Morgan fingerprint density at radius 1 is 1.50 bits per heavy atom. The van der Waals surface area contributed by atoms with E-state index in [1.54, 1.807) is 11.3 Å². The molecule has 2 rings (SSSR count). The van der Waals surface area contributed by atoms with Gasteiger partial charge in [0, 0.05) is 23.5 Å². The number of hydrogen-bond donors (Lipinski definition) is 1. The molecule has 0 atom stereocenters. The molecule has 0 aliphatic carbocycles. The summed E-state index contributed by atoms with van der Waals surface area (Å²) in [5.41, 5.74) is 0.980. The summed E-state index contributed by atoms with van der Waals surface area (Å²) in [5, 5.41) is 16.9. The van der Waals surface area contributed by atoms with Gasteiger partial charge in [-0.3, -0.25) is 4.90 Å². The molecule has 2 aromatic heterocycles. The van der Waals surface area contributed by atoms with E-state index in [0.717, 1.165) is 5.56 Å². The predicted octanol–water partition coefficient (Wildman–Crippen LogP) is 2.00. The molecule has 2 heterocycles. The molecule has 0 radical (unpaired) electrons. The van der Waals surface area contributed by atoms with Crippen LogP contribution in [0.2, 0.25) is 0 Å². The van der Waals surface area contributed by atoms with Crippen molar-refractivity contribution in [3.8, 4) is 11.4 Å². The summed E-state index contributed by atoms with van der Waals surface area (Å²) >= 11 is 1.61. The van der Waals surface area contributed by atoms with Gasteiger partial charge in [-0.25, -0.2) is 0 Å². The van der Waals surface area contributed by atoms with Crippen molar-refractivity contribution < 1.29 is 9.63 Å². The van der Waals surface area contributed by atoms with Crippen molar-refractivity contribution in [3.05, 3.63) is 22.7 Å². The fraction of sp³-hybridized carbons (Fsp3) is 0.500. The van der Waals surface area contributed by atoms with Gasteiger partial charge in [-0.1, -0.05) is 5.16 Å². The second-order valence-electron chi connectivity index (χ2n) is 4.31. The lowest BCUT2D eigenvalue weighted by molar-refractivity contribution is 0.144. The lowest BCUT2D eigenvalue weighted by atomic mass is 10.3. The van der Waals surface area contributed by atoms with Gasteiger partial charge in [-0.15, -0.1) is 0 Å². The summed E-state index contributed by atoms with van der Waals surface area (Å²) in [6.07, 6.45) is 0. The first-order chi connectivity index (χ1) is 8.70. The van der Waals surface area contributed by atoms with Gasteiger partial charge in [0.25, 0.3) is 0 Å². The molecule has 6 heteroatoms. The molecule has 0 amide bonds. The maximum absolute atomic E-state index is 9.01. The normalized spacial score (nSPS) is 11.6. The van der Waals surface area contributed by atoms with Crippen LogP contribution >= 0.6 is 11.3 Å². The highest BCUT2D eigenvalue weighted by atomic mass is 32.1. The van der Waals surface area contributed by atoms with E-state index >= 15 is 0 Å². The SMILES string of the molecule is CC(C)N(CCO)Cc1nc(-c2ccsc2)no1. The van der Waals surface area contributed by atoms with Crippen LogP contribution in [0.25, 0.3) is 11.4 Å². The Morgan fingerprint density at radius 2 is 2.33 bits per heavy atom. The second kappa shape index (κ2) is 6.08. The summed E-state index contributed by atoms with van der Waals surface area (Å²) < 4.78 is 5.24. The number of aliphatic hydroxyl groups excluding tert-OH is 1. The minimum absolute atomic E-state index is 0.129. The van der Waals surface area contributed by atoms with Crippen LogP contribution in [0, 0.1) is 0 Å². The zero-order chi connectivity index (χ0) is 13.0. The van der Waals surface area contributed by atoms with Gasteiger partial charge >= 0.3 is 0 Å². The topological polar surface area (TPSA) is 62.4 Å². The molecule has 0 aliphatic heterocycles. The Hall–Kier alpha value is -1.24. The first kappa shape index (κ1) is 13.2. The first-order valence-electron chi connectivity index (χ1n) is 5.90. The highest BCUT2D eigenvalue weighted by molar-refractivity contribution is 7.08. The number of aliphatic hydroxyl groups is 1. The third-order valence-electron chi connectivity index (χ3n) is 2.70. The summed E-state index contributed by atoms with van der Waals surface area (Å²) in [6.45, 7) is 5.45. The van der Waals surface area contributed by atoms with E-state index < -0.39 is 0 Å². The maximum Gasteiger partial charge on any atom is 0.241 e. The smallest absolute Gasteiger partial charge is 0.241 e. The molecule has 0 aliphatic rings. The monoisotopic (exact) mass is 267 g/mol. The van der Waals surface area contributed by atoms with E-state index in [0.29, 0.717) is 30.8 Å². The van der Waals surface area contributed by atoms with Crippen LogP contribution in [0.3, 0.4) is 0 Å². The molecule has 0 saturated heterocycles. The second-order valence-corrected chi connectivity index (χ2v) is 5.09. The van der Waals surface area contributed by atoms with Crippen molar-refractivity contribution in [1.82, 2.24) is 15.0 Å². The Labute approximate surface area is 110 Å². The summed E-state index contributed by atoms with van der Waals surface area (Å²) in [7, 11) is 0. The number of rotatable bonds is 6. The van der Waals surface area contributed by atoms with Crippen LogP contribution in [-0.4, -0.2) is 39.3 Å². The molecular weight excluding hydrogens is 250 g/mol. The van der Waals surface area contributed by atoms with Gasteiger partial charge in [-0.05, 0) is 25.3 Å². The molecule has 0 fully saturated rings. The van der Waals surface area contributed by atoms with Crippen LogP contribution in [0.4, 0.5) is 0 Å². The van der Waals surface area contributed by atoms with Gasteiger partial charge in [0.15, 0.2) is 0 Å². The summed E-state index contributed by atoms with van der Waals surface area (Å²) in [4.78, 5) is 6.45. The number of nitrogens with zero attached hydrogens (tertiary/aromatic N) is 3. The summed E-state index contributed by atoms with van der Waals surface area (Å²) in [5.74, 6) is 1.21. The average Bonchev–Trinajstić information content (AvgIpc) is 2.98. The zero-order valence-electron chi connectivity index (χ0n) is 10.5. The van der Waals surface area contributed by atoms with E-state index in [1.165, 1.54) is 0 Å². The number of thiophene rings is 1. The van der Waals surface area contributed by atoms with E-state index in [4.69, 9.17) is 9.63 Å². The van der Waals surface area contributed by atoms with E-state index in [-0.39, 0.29) is 6.61 Å². The Morgan fingerprint density at radius 3 is 2.94 bits per heavy atom. The first-order valence-corrected chi connectivity index (χ1v) is 6.85. The van der Waals surface area contributed by atoms with Crippen molar-refractivity contribution in [3.63, 3.8) is 0 Å². The lowest BCUT2D eigenvalue weighted by Gasteiger charge is -2.23. The highest BCUT2D eigenvalue weighted by Gasteiger charge is 2.15. The average molecular weight is 267 g/mol. The molecule has 1 N–H and O–H groups in total. The van der Waals surface area contributed by atoms with Crippen LogP contribution in [0.1, 0.15) is 19.7 Å². The molecule has 2 aromatic rings. The molecule has 0 saturated carbocycles. The molecule has 18 heavy (non-hydrogen) atoms. The largest absolute Gasteiger partial charge is 0.395 e. The van der Waals surface area contributed by atoms with Gasteiger partial charge in [0.1, 0.15) is 0 Å². The van der Waals surface area contributed by atoms with Crippen LogP contribution in [0.15, 0.2) is 21.3 Å². The van der Waals surface area contributed by atoms with Gasteiger partial charge < -0.3 is 9.63 Å². The van der Waals surface area contributed by atoms with E-state index in [2.05, 4.69) is 28.9 Å². The van der Waals surface area contributed by atoms with Crippen molar-refractivity contribution in [1.29, 1.82) is 0 Å². The van der Waals surface area contributed by atoms with E-state index in [9.17, 15) is 0 Å². The van der Waals surface area contributed by atoms with Crippen molar-refractivity contribution in [2.45, 2.75) is 26.4 Å². The van der Waals surface area contributed by atoms with Gasteiger partial charge in [-0.2, -0.15) is 16.3 Å². The highest BCUT2D eigenvalue weighted by Crippen LogP contribution is 2.19. The standard InChI is InChI=1S/C12H17N3O2S/c1-9(2)15(4-5-16)7-11-13-12(14-17-11)10-3-6-18-8-10/h3,6,8-9,16H,4-5,7H2,1-2H3. The van der Waals surface area contributed by atoms with Crippen molar-refractivity contribution in [2.75, 3.05) is 13.2 Å². The minimum atomic E-state index is 0.129. The van der Waals surface area contributed by atoms with Gasteiger partial charge in [0.2, 0.25) is 11.7 Å². The molecule has 0 bridgehead atoms. The zero-order valence-corrected chi connectivity index (χ0v) is 11.4. The molecule has 0 spiro atoms. The molecule has 5 nitrogen and oxygen atoms in total. The molecule has 0 unspecified atom stereocenters. The lowest BCUT2D eigenvalue weighted by Crippen LogP contribution is -2.33. The quantitative estimate of drug-likeness (QED) is 0.867. The van der Waals surface area contributed by atoms with Crippen LogP contribution < -0.4 is 0 Å². The minimum Gasteiger partial charge on any atom is -0.395 e. The van der Waals surface area contributed by atoms with Crippen molar-refractivity contribution >= 4 is 11.3 Å². The molecular formula is C12H17N3O2S. The number of aromatic nitrogens is 2. The fourth-order valence-electron chi connectivity index (χ4n) is 1.65. The molecule has 0 aromatic carbocycles. The third-order valence-corrected chi connectivity index (χ3v) is 3.39. The van der Waals surface area contributed by atoms with Crippen LogP contribution in [-0.2, 0) is 6.54 Å². The summed E-state index contributed by atoms with van der Waals surface area (Å²) in [6, 6.07) is 2.29. The third kappa shape index (κ3) is 3.16. The van der Waals surface area contributed by atoms with Crippen LogP contribution in [0.5, 0.6) is 0 Å². The van der Waals surface area contributed by atoms with E-state index in [1.807, 2.05) is 16.8 Å². The van der Waals surface area contributed by atoms with Gasteiger partial charge in [0.05, 0.1) is 13.2 Å². The molecule has 98 valence electrons. The fourth-order valence-corrected chi connectivity index (χ4v) is 2.28. The van der Waals surface area contributed by atoms with Crippen molar-refractivity contribution in [2.24, 2.45) is 0 Å². The predicted molar refractivity (Wildman–Crippen MR) is 70.2 cm³/mol. The maximum atomic E-state index is 9.01. The Balaban J connectivity index is 2.06. The number of hydrogen-bond acceptors (Lipinski definition) is 6.